The van der Waals surface area contributed by atoms with E-state index in [4.69, 9.17) is 4.74 Å². The van der Waals surface area contributed by atoms with Crippen molar-refractivity contribution in [1.82, 2.24) is 14.4 Å². The van der Waals surface area contributed by atoms with Crippen molar-refractivity contribution in [2.45, 2.75) is 6.61 Å². The number of amides is 1. The quantitative estimate of drug-likeness (QED) is 0.422. The van der Waals surface area contributed by atoms with E-state index in [2.05, 4.69) is 9.97 Å². The van der Waals surface area contributed by atoms with Crippen LogP contribution in [-0.4, -0.2) is 27.3 Å². The highest BCUT2D eigenvalue weighted by Crippen LogP contribution is 2.20. The van der Waals surface area contributed by atoms with E-state index < -0.39 is 0 Å². The SMILES string of the molecule is CN(C(=O)c1ccc(OCc2ccc3ccccc3n2)cc1)c1ccc2nccn2c1. The van der Waals surface area contributed by atoms with E-state index in [9.17, 15) is 4.79 Å². The minimum absolute atomic E-state index is 0.0952. The molecule has 0 fully saturated rings. The highest BCUT2D eigenvalue weighted by molar-refractivity contribution is 6.05. The summed E-state index contributed by atoms with van der Waals surface area (Å²) in [4.78, 5) is 23.3. The Kier molecular flexibility index (Phi) is 4.80. The molecule has 0 aliphatic rings. The maximum Gasteiger partial charge on any atom is 0.258 e. The summed E-state index contributed by atoms with van der Waals surface area (Å²) in [7, 11) is 1.76. The van der Waals surface area contributed by atoms with E-state index in [1.54, 1.807) is 42.4 Å². The molecule has 0 radical (unpaired) electrons. The molecule has 2 aromatic carbocycles. The number of aromatic nitrogens is 3. The van der Waals surface area contributed by atoms with Crippen LogP contribution in [0.3, 0.4) is 0 Å². The Morgan fingerprint density at radius 2 is 1.84 bits per heavy atom. The van der Waals surface area contributed by atoms with Gasteiger partial charge in [-0.1, -0.05) is 24.3 Å². The zero-order chi connectivity index (χ0) is 21.2. The van der Waals surface area contributed by atoms with Gasteiger partial charge in [0, 0.05) is 36.6 Å². The summed E-state index contributed by atoms with van der Waals surface area (Å²) in [6.45, 7) is 0.364. The molecule has 0 saturated carbocycles. The lowest BCUT2D eigenvalue weighted by atomic mass is 10.2. The van der Waals surface area contributed by atoms with E-state index in [0.29, 0.717) is 17.9 Å². The monoisotopic (exact) mass is 408 g/mol. The van der Waals surface area contributed by atoms with Crippen LogP contribution >= 0.6 is 0 Å². The van der Waals surface area contributed by atoms with E-state index in [0.717, 1.165) is 27.9 Å². The topological polar surface area (TPSA) is 59.7 Å². The molecule has 0 unspecified atom stereocenters. The van der Waals surface area contributed by atoms with Crippen molar-refractivity contribution in [2.24, 2.45) is 0 Å². The molecule has 0 N–H and O–H groups in total. The number of hydrogen-bond donors (Lipinski definition) is 0. The third-order valence-corrected chi connectivity index (χ3v) is 5.21. The van der Waals surface area contributed by atoms with Gasteiger partial charge in [-0.15, -0.1) is 0 Å². The van der Waals surface area contributed by atoms with Gasteiger partial charge in [-0.05, 0) is 48.5 Å². The number of carbonyl (C=O) groups excluding carboxylic acids is 1. The third kappa shape index (κ3) is 3.83. The first-order valence-corrected chi connectivity index (χ1v) is 9.96. The van der Waals surface area contributed by atoms with Crippen LogP contribution in [0.5, 0.6) is 5.75 Å². The van der Waals surface area contributed by atoms with Gasteiger partial charge >= 0.3 is 0 Å². The average Bonchev–Trinajstić information content (AvgIpc) is 3.30. The highest BCUT2D eigenvalue weighted by Gasteiger charge is 2.14. The summed E-state index contributed by atoms with van der Waals surface area (Å²) >= 11 is 0. The lowest BCUT2D eigenvalue weighted by Crippen LogP contribution is -2.26. The first-order valence-electron chi connectivity index (χ1n) is 9.96. The summed E-state index contributed by atoms with van der Waals surface area (Å²) in [6, 6.07) is 22.9. The normalized spacial score (nSPS) is 11.0. The predicted molar refractivity (Wildman–Crippen MR) is 120 cm³/mol. The van der Waals surface area contributed by atoms with Crippen LogP contribution in [0.25, 0.3) is 16.6 Å². The molecule has 3 aromatic heterocycles. The van der Waals surface area contributed by atoms with Gasteiger partial charge in [-0.25, -0.2) is 9.97 Å². The molecule has 6 heteroatoms. The maximum absolute atomic E-state index is 12.9. The van der Waals surface area contributed by atoms with Gasteiger partial charge < -0.3 is 14.0 Å². The van der Waals surface area contributed by atoms with Crippen LogP contribution in [-0.2, 0) is 6.61 Å². The number of fused-ring (bicyclic) bond motifs is 2. The standard InChI is InChI=1S/C25H20N4O2/c1-28(21-10-13-24-26-14-15-29(24)16-21)25(30)19-7-11-22(12-8-19)31-17-20-9-6-18-4-2-3-5-23(18)27-20/h2-16H,17H2,1H3. The van der Waals surface area contributed by atoms with Crippen molar-refractivity contribution in [3.63, 3.8) is 0 Å². The number of pyridine rings is 2. The van der Waals surface area contributed by atoms with Crippen LogP contribution in [0, 0.1) is 0 Å². The second-order valence-corrected chi connectivity index (χ2v) is 7.25. The van der Waals surface area contributed by atoms with Crippen LogP contribution in [0.15, 0.2) is 91.4 Å². The van der Waals surface area contributed by atoms with Crippen molar-refractivity contribution in [3.8, 4) is 5.75 Å². The van der Waals surface area contributed by atoms with Crippen molar-refractivity contribution in [3.05, 3.63) is 103 Å². The van der Waals surface area contributed by atoms with Crippen molar-refractivity contribution < 1.29 is 9.53 Å². The Bertz CT molecular complexity index is 1380. The molecule has 3 heterocycles. The number of para-hydroxylation sites is 1. The summed E-state index contributed by atoms with van der Waals surface area (Å²) in [5.74, 6) is 0.594. The van der Waals surface area contributed by atoms with Crippen LogP contribution in [0.1, 0.15) is 16.1 Å². The molecule has 0 saturated heterocycles. The van der Waals surface area contributed by atoms with E-state index in [1.807, 2.05) is 65.3 Å². The molecule has 0 bridgehead atoms. The number of benzene rings is 2. The van der Waals surface area contributed by atoms with Gasteiger partial charge in [0.2, 0.25) is 0 Å². The molecule has 152 valence electrons. The number of nitrogens with zero attached hydrogens (tertiary/aromatic N) is 4. The molecule has 5 rings (SSSR count). The molecule has 0 aliphatic heterocycles. The summed E-state index contributed by atoms with van der Waals surface area (Å²) in [6.07, 6.45) is 5.47. The Balaban J connectivity index is 1.26. The third-order valence-electron chi connectivity index (χ3n) is 5.21. The number of carbonyl (C=O) groups is 1. The van der Waals surface area contributed by atoms with E-state index in [-0.39, 0.29) is 5.91 Å². The maximum atomic E-state index is 12.9. The highest BCUT2D eigenvalue weighted by atomic mass is 16.5. The Morgan fingerprint density at radius 3 is 2.71 bits per heavy atom. The fourth-order valence-electron chi connectivity index (χ4n) is 3.46. The molecule has 6 nitrogen and oxygen atoms in total. The number of anilines is 1. The lowest BCUT2D eigenvalue weighted by Gasteiger charge is -2.18. The molecule has 31 heavy (non-hydrogen) atoms. The van der Waals surface area contributed by atoms with Crippen molar-refractivity contribution in [2.75, 3.05) is 11.9 Å². The zero-order valence-electron chi connectivity index (χ0n) is 17.0. The average molecular weight is 408 g/mol. The van der Waals surface area contributed by atoms with E-state index >= 15 is 0 Å². The van der Waals surface area contributed by atoms with E-state index in [1.165, 1.54) is 0 Å². The Morgan fingerprint density at radius 1 is 1.00 bits per heavy atom. The van der Waals surface area contributed by atoms with Gasteiger partial charge in [0.25, 0.3) is 5.91 Å². The minimum atomic E-state index is -0.0952. The minimum Gasteiger partial charge on any atom is -0.487 e. The largest absolute Gasteiger partial charge is 0.487 e. The molecule has 5 aromatic rings. The fourth-order valence-corrected chi connectivity index (χ4v) is 3.46. The number of imidazole rings is 1. The van der Waals surface area contributed by atoms with Crippen LogP contribution in [0.2, 0.25) is 0 Å². The summed E-state index contributed by atoms with van der Waals surface area (Å²) in [5, 5.41) is 1.10. The molecular weight excluding hydrogens is 388 g/mol. The first kappa shape index (κ1) is 18.8. The molecule has 0 spiro atoms. The number of rotatable bonds is 5. The lowest BCUT2D eigenvalue weighted by molar-refractivity contribution is 0.0993. The smallest absolute Gasteiger partial charge is 0.258 e. The van der Waals surface area contributed by atoms with Gasteiger partial charge in [0.1, 0.15) is 18.0 Å². The number of hydrogen-bond acceptors (Lipinski definition) is 4. The number of ether oxygens (including phenoxy) is 1. The van der Waals surface area contributed by atoms with Crippen molar-refractivity contribution in [1.29, 1.82) is 0 Å². The van der Waals surface area contributed by atoms with Gasteiger partial charge in [0.05, 0.1) is 16.9 Å². The van der Waals surface area contributed by atoms with Crippen LogP contribution < -0.4 is 9.64 Å². The van der Waals surface area contributed by atoms with Gasteiger partial charge in [-0.3, -0.25) is 4.79 Å². The van der Waals surface area contributed by atoms with Crippen molar-refractivity contribution >= 4 is 28.1 Å². The Hall–Kier alpha value is -4.19. The molecule has 0 aliphatic carbocycles. The second-order valence-electron chi connectivity index (χ2n) is 7.25. The predicted octanol–water partition coefficient (Wildman–Crippen LogP) is 4.74. The van der Waals surface area contributed by atoms with Gasteiger partial charge in [-0.2, -0.15) is 0 Å². The first-order chi connectivity index (χ1) is 15.2. The second kappa shape index (κ2) is 7.91. The zero-order valence-corrected chi connectivity index (χ0v) is 17.0. The van der Waals surface area contributed by atoms with Gasteiger partial charge in [0.15, 0.2) is 0 Å². The summed E-state index contributed by atoms with van der Waals surface area (Å²) in [5.41, 5.74) is 4.02. The Labute approximate surface area is 179 Å². The molecular formula is C25H20N4O2. The fraction of sp³-hybridized carbons (Fsp3) is 0.0800. The summed E-state index contributed by atoms with van der Waals surface area (Å²) < 4.78 is 7.75. The molecule has 0 atom stereocenters. The van der Waals surface area contributed by atoms with Crippen LogP contribution in [0.4, 0.5) is 5.69 Å². The molecule has 1 amide bonds.